The van der Waals surface area contributed by atoms with Crippen LogP contribution in [-0.2, 0) is 10.7 Å². The minimum absolute atomic E-state index is 0.0631. The lowest BCUT2D eigenvalue weighted by Crippen LogP contribution is -2.24. The largest absolute Gasteiger partial charge is 0.353 e. The summed E-state index contributed by atoms with van der Waals surface area (Å²) in [5.41, 5.74) is -0.397. The summed E-state index contributed by atoms with van der Waals surface area (Å²) >= 11 is 8.69. The zero-order valence-corrected chi connectivity index (χ0v) is 8.92. The average Bonchev–Trinajstić information content (AvgIpc) is 2.32. The topological polar surface area (TPSA) is 29.1 Å². The Kier molecular flexibility index (Phi) is 2.04. The third kappa shape index (κ3) is 1.15. The third-order valence-corrected chi connectivity index (χ3v) is 3.22. The van der Waals surface area contributed by atoms with Crippen LogP contribution in [0.1, 0.15) is 5.56 Å². The normalized spacial score (nSPS) is 17.9. The highest BCUT2D eigenvalue weighted by Crippen LogP contribution is 2.46. The van der Waals surface area contributed by atoms with Gasteiger partial charge in [-0.3, -0.25) is 4.79 Å². The van der Waals surface area contributed by atoms with Gasteiger partial charge in [0.1, 0.15) is 0 Å². The predicted octanol–water partition coefficient (Wildman–Crippen LogP) is 3.15. The van der Waals surface area contributed by atoms with Gasteiger partial charge in [0, 0.05) is 4.47 Å². The Morgan fingerprint density at radius 2 is 2.07 bits per heavy atom. The van der Waals surface area contributed by atoms with Crippen molar-refractivity contribution in [3.05, 3.63) is 27.2 Å². The Bertz CT molecular complexity index is 436. The number of benzene rings is 1. The lowest BCUT2D eigenvalue weighted by atomic mass is 10.1. The number of carbonyl (C=O) groups excluding carboxylic acids is 1. The van der Waals surface area contributed by atoms with E-state index in [4.69, 9.17) is 11.6 Å². The fourth-order valence-corrected chi connectivity index (χ4v) is 1.89. The highest BCUT2D eigenvalue weighted by atomic mass is 79.9. The number of nitrogens with one attached hydrogen (secondary N) is 1. The van der Waals surface area contributed by atoms with Crippen molar-refractivity contribution < 1.29 is 13.6 Å². The molecule has 2 rings (SSSR count). The fraction of sp³-hybridized carbons (Fsp3) is 0.125. The van der Waals surface area contributed by atoms with E-state index in [1.54, 1.807) is 0 Å². The van der Waals surface area contributed by atoms with Crippen molar-refractivity contribution in [1.82, 2.24) is 0 Å². The molecule has 1 amide bonds. The van der Waals surface area contributed by atoms with Gasteiger partial charge >= 0.3 is 5.92 Å². The number of amides is 1. The zero-order chi connectivity index (χ0) is 10.5. The molecule has 2 nitrogen and oxygen atoms in total. The molecule has 0 fully saturated rings. The highest BCUT2D eigenvalue weighted by molar-refractivity contribution is 9.10. The van der Waals surface area contributed by atoms with Gasteiger partial charge in [0.15, 0.2) is 0 Å². The van der Waals surface area contributed by atoms with E-state index >= 15 is 0 Å². The molecule has 0 spiro atoms. The number of hydrogen-bond donors (Lipinski definition) is 1. The molecule has 74 valence electrons. The molecule has 1 aliphatic rings. The summed E-state index contributed by atoms with van der Waals surface area (Å²) in [5, 5.41) is 1.93. The molecular formula is C8H3BrClF2NO. The molecule has 0 bridgehead atoms. The number of hydrogen-bond acceptors (Lipinski definition) is 1. The zero-order valence-electron chi connectivity index (χ0n) is 6.57. The summed E-state index contributed by atoms with van der Waals surface area (Å²) in [6.45, 7) is 0. The van der Waals surface area contributed by atoms with Gasteiger partial charge in [-0.25, -0.2) is 0 Å². The Morgan fingerprint density at radius 1 is 1.43 bits per heavy atom. The molecule has 0 saturated heterocycles. The van der Waals surface area contributed by atoms with Gasteiger partial charge in [-0.15, -0.1) is 0 Å². The van der Waals surface area contributed by atoms with Crippen molar-refractivity contribution in [2.24, 2.45) is 0 Å². The first-order valence-corrected chi connectivity index (χ1v) is 4.79. The van der Waals surface area contributed by atoms with Crippen LogP contribution in [0.3, 0.4) is 0 Å². The molecule has 0 radical (unpaired) electrons. The van der Waals surface area contributed by atoms with E-state index in [9.17, 15) is 13.6 Å². The number of rotatable bonds is 0. The van der Waals surface area contributed by atoms with Crippen LogP contribution in [0.5, 0.6) is 0 Å². The van der Waals surface area contributed by atoms with Gasteiger partial charge in [-0.2, -0.15) is 8.78 Å². The number of anilines is 1. The second-order valence-corrected chi connectivity index (χ2v) is 4.04. The first kappa shape index (κ1) is 9.86. The molecular weight excluding hydrogens is 279 g/mol. The number of fused-ring (bicyclic) bond motifs is 1. The van der Waals surface area contributed by atoms with Gasteiger partial charge < -0.3 is 5.32 Å². The summed E-state index contributed by atoms with van der Waals surface area (Å²) in [5.74, 6) is -4.89. The van der Waals surface area contributed by atoms with Gasteiger partial charge in [0.25, 0.3) is 5.91 Å². The standard InChI is InChI=1S/C8H3BrClF2NO/c9-3-1-2-4-5(6(3)10)8(11,12)7(14)13-4/h1-2H,(H,13,14). The molecule has 1 N–H and O–H groups in total. The van der Waals surface area contributed by atoms with E-state index in [1.807, 2.05) is 0 Å². The van der Waals surface area contributed by atoms with Crippen LogP contribution >= 0.6 is 27.5 Å². The van der Waals surface area contributed by atoms with Crippen LogP contribution in [0.4, 0.5) is 14.5 Å². The molecule has 0 unspecified atom stereocenters. The molecule has 0 aliphatic carbocycles. The van der Waals surface area contributed by atoms with Gasteiger partial charge in [0.05, 0.1) is 16.3 Å². The van der Waals surface area contributed by atoms with Crippen molar-refractivity contribution in [3.63, 3.8) is 0 Å². The SMILES string of the molecule is O=C1Nc2ccc(Br)c(Cl)c2C1(F)F. The van der Waals surface area contributed by atoms with Crippen LogP contribution in [0.2, 0.25) is 5.02 Å². The van der Waals surface area contributed by atoms with Crippen LogP contribution in [0.25, 0.3) is 0 Å². The third-order valence-electron chi connectivity index (χ3n) is 1.94. The number of alkyl halides is 2. The molecule has 14 heavy (non-hydrogen) atoms. The van der Waals surface area contributed by atoms with Crippen molar-refractivity contribution in [3.8, 4) is 0 Å². The van der Waals surface area contributed by atoms with E-state index < -0.39 is 17.4 Å². The Hall–Kier alpha value is -0.680. The molecule has 0 aromatic heterocycles. The second kappa shape index (κ2) is 2.90. The Balaban J connectivity index is 2.74. The van der Waals surface area contributed by atoms with Crippen LogP contribution in [-0.4, -0.2) is 5.91 Å². The fourth-order valence-electron chi connectivity index (χ4n) is 1.28. The van der Waals surface area contributed by atoms with E-state index in [-0.39, 0.29) is 10.7 Å². The molecule has 0 saturated carbocycles. The Labute approximate surface area is 91.4 Å². The van der Waals surface area contributed by atoms with E-state index in [1.165, 1.54) is 12.1 Å². The van der Waals surface area contributed by atoms with Gasteiger partial charge in [-0.1, -0.05) is 11.6 Å². The van der Waals surface area contributed by atoms with E-state index in [0.717, 1.165) is 0 Å². The molecule has 1 aromatic rings. The first-order chi connectivity index (χ1) is 6.44. The second-order valence-electron chi connectivity index (χ2n) is 2.81. The van der Waals surface area contributed by atoms with Crippen LogP contribution < -0.4 is 5.32 Å². The van der Waals surface area contributed by atoms with Crippen molar-refractivity contribution >= 4 is 39.1 Å². The maximum Gasteiger partial charge on any atom is 0.353 e. The molecule has 1 heterocycles. The quantitative estimate of drug-likeness (QED) is 0.778. The van der Waals surface area contributed by atoms with E-state index in [2.05, 4.69) is 21.2 Å². The summed E-state index contributed by atoms with van der Waals surface area (Å²) in [6.07, 6.45) is 0. The number of halogens is 4. The molecule has 1 aliphatic heterocycles. The van der Waals surface area contributed by atoms with Gasteiger partial charge in [0.2, 0.25) is 0 Å². The lowest BCUT2D eigenvalue weighted by Gasteiger charge is -2.08. The molecule has 0 atom stereocenters. The molecule has 6 heteroatoms. The van der Waals surface area contributed by atoms with Crippen LogP contribution in [0.15, 0.2) is 16.6 Å². The van der Waals surface area contributed by atoms with Crippen molar-refractivity contribution in [2.45, 2.75) is 5.92 Å². The minimum Gasteiger partial charge on any atom is -0.320 e. The Morgan fingerprint density at radius 3 is 2.71 bits per heavy atom. The number of carbonyl (C=O) groups is 1. The summed E-state index contributed by atoms with van der Waals surface area (Å²) in [4.78, 5) is 10.9. The smallest absolute Gasteiger partial charge is 0.320 e. The summed E-state index contributed by atoms with van der Waals surface area (Å²) in [7, 11) is 0. The van der Waals surface area contributed by atoms with Gasteiger partial charge in [-0.05, 0) is 28.1 Å². The minimum atomic E-state index is -3.55. The maximum atomic E-state index is 13.3. The van der Waals surface area contributed by atoms with E-state index in [0.29, 0.717) is 4.47 Å². The monoisotopic (exact) mass is 281 g/mol. The van der Waals surface area contributed by atoms with Crippen LogP contribution in [0, 0.1) is 0 Å². The predicted molar refractivity (Wildman–Crippen MR) is 51.7 cm³/mol. The molecule has 1 aromatic carbocycles. The first-order valence-electron chi connectivity index (χ1n) is 3.62. The highest BCUT2D eigenvalue weighted by Gasteiger charge is 2.50. The summed E-state index contributed by atoms with van der Waals surface area (Å²) < 4.78 is 26.9. The van der Waals surface area contributed by atoms with Crippen molar-refractivity contribution in [1.29, 1.82) is 0 Å². The summed E-state index contributed by atoms with van der Waals surface area (Å²) in [6, 6.07) is 2.88. The lowest BCUT2D eigenvalue weighted by molar-refractivity contribution is -0.139. The average molecular weight is 282 g/mol. The maximum absolute atomic E-state index is 13.3. The van der Waals surface area contributed by atoms with Crippen molar-refractivity contribution in [2.75, 3.05) is 5.32 Å².